The molecule has 0 unspecified atom stereocenters. The van der Waals surface area contributed by atoms with Crippen molar-refractivity contribution in [3.8, 4) is 6.07 Å². The molecule has 1 aromatic rings. The number of anilines is 1. The predicted octanol–water partition coefficient (Wildman–Crippen LogP) is 1.48. The topological polar surface area (TPSA) is 91.6 Å². The number of hydrogen-bond donors (Lipinski definition) is 1. The Kier molecular flexibility index (Phi) is 4.32. The first-order valence-corrected chi connectivity index (χ1v) is 5.89. The molecule has 0 saturated carbocycles. The van der Waals surface area contributed by atoms with Crippen LogP contribution in [-0.2, 0) is 17.6 Å². The fraction of sp³-hybridized carbons (Fsp3) is 0.583. The first-order chi connectivity index (χ1) is 8.44. The van der Waals surface area contributed by atoms with Crippen LogP contribution in [0.15, 0.2) is 0 Å². The maximum absolute atomic E-state index is 11.8. The van der Waals surface area contributed by atoms with Gasteiger partial charge in [-0.25, -0.2) is 4.98 Å². The molecule has 0 spiro atoms. The standard InChI is InChI=1S/C12H17N5O/c1-5-8-9(6-2)16-17-11(14-8)15-10(18)12(3,4)7-13/h5-6H2,1-4H3,(H,14,15,17,18). The van der Waals surface area contributed by atoms with Crippen molar-refractivity contribution in [3.05, 3.63) is 11.4 Å². The molecule has 1 aromatic heterocycles. The monoisotopic (exact) mass is 247 g/mol. The van der Waals surface area contributed by atoms with Crippen LogP contribution in [0.5, 0.6) is 0 Å². The van der Waals surface area contributed by atoms with Crippen LogP contribution in [-0.4, -0.2) is 21.1 Å². The number of rotatable bonds is 4. The third kappa shape index (κ3) is 3.00. The molecule has 0 aliphatic carbocycles. The molecule has 1 amide bonds. The molecule has 1 heterocycles. The maximum Gasteiger partial charge on any atom is 0.249 e. The number of carbonyl (C=O) groups excluding carboxylic acids is 1. The first kappa shape index (κ1) is 14.0. The molecule has 0 aliphatic heterocycles. The third-order valence-corrected chi connectivity index (χ3v) is 2.58. The summed E-state index contributed by atoms with van der Waals surface area (Å²) in [5.41, 5.74) is 0.534. The molecule has 6 heteroatoms. The summed E-state index contributed by atoms with van der Waals surface area (Å²) in [6.07, 6.45) is 1.48. The summed E-state index contributed by atoms with van der Waals surface area (Å²) in [6.45, 7) is 7.02. The SMILES string of the molecule is CCc1nnc(NC(=O)C(C)(C)C#N)nc1CC. The zero-order valence-electron chi connectivity index (χ0n) is 11.1. The molecule has 18 heavy (non-hydrogen) atoms. The van der Waals surface area contributed by atoms with Gasteiger partial charge in [-0.15, -0.1) is 10.2 Å². The molecule has 1 N–H and O–H groups in total. The Morgan fingerprint density at radius 3 is 2.39 bits per heavy atom. The van der Waals surface area contributed by atoms with Crippen molar-refractivity contribution in [2.45, 2.75) is 40.5 Å². The Balaban J connectivity index is 2.94. The molecule has 0 atom stereocenters. The number of nitrogens with one attached hydrogen (secondary N) is 1. The number of hydrogen-bond acceptors (Lipinski definition) is 5. The van der Waals surface area contributed by atoms with Crippen molar-refractivity contribution in [1.29, 1.82) is 5.26 Å². The van der Waals surface area contributed by atoms with E-state index in [0.29, 0.717) is 0 Å². The molecular formula is C12H17N5O. The van der Waals surface area contributed by atoms with Gasteiger partial charge in [0.05, 0.1) is 17.5 Å². The Morgan fingerprint density at radius 2 is 1.89 bits per heavy atom. The highest BCUT2D eigenvalue weighted by atomic mass is 16.2. The van der Waals surface area contributed by atoms with E-state index in [1.807, 2.05) is 19.9 Å². The van der Waals surface area contributed by atoms with Gasteiger partial charge in [0, 0.05) is 0 Å². The highest BCUT2D eigenvalue weighted by Gasteiger charge is 2.28. The van der Waals surface area contributed by atoms with Crippen molar-refractivity contribution in [2.75, 3.05) is 5.32 Å². The number of aromatic nitrogens is 3. The lowest BCUT2D eigenvalue weighted by molar-refractivity contribution is -0.121. The fourth-order valence-corrected chi connectivity index (χ4v) is 1.30. The largest absolute Gasteiger partial charge is 0.292 e. The minimum absolute atomic E-state index is 0.150. The number of nitriles is 1. The van der Waals surface area contributed by atoms with Gasteiger partial charge in [-0.1, -0.05) is 13.8 Å². The van der Waals surface area contributed by atoms with E-state index in [-0.39, 0.29) is 5.95 Å². The summed E-state index contributed by atoms with van der Waals surface area (Å²) in [6, 6.07) is 1.92. The molecule has 1 rings (SSSR count). The highest BCUT2D eigenvalue weighted by Crippen LogP contribution is 2.15. The van der Waals surface area contributed by atoms with Crippen LogP contribution >= 0.6 is 0 Å². The second-order valence-electron chi connectivity index (χ2n) is 4.43. The Bertz CT molecular complexity index is 490. The summed E-state index contributed by atoms with van der Waals surface area (Å²) in [5, 5.41) is 19.2. The van der Waals surface area contributed by atoms with Gasteiger partial charge in [0.25, 0.3) is 0 Å². The Labute approximate surface area is 106 Å². The molecular weight excluding hydrogens is 230 g/mol. The van der Waals surface area contributed by atoms with Crippen LogP contribution in [0.25, 0.3) is 0 Å². The average molecular weight is 247 g/mol. The third-order valence-electron chi connectivity index (χ3n) is 2.58. The molecule has 0 bridgehead atoms. The summed E-state index contributed by atoms with van der Waals surface area (Å²) in [7, 11) is 0. The van der Waals surface area contributed by atoms with E-state index in [0.717, 1.165) is 24.2 Å². The van der Waals surface area contributed by atoms with Crippen LogP contribution in [0.4, 0.5) is 5.95 Å². The van der Waals surface area contributed by atoms with Crippen molar-refractivity contribution >= 4 is 11.9 Å². The van der Waals surface area contributed by atoms with Gasteiger partial charge < -0.3 is 0 Å². The van der Waals surface area contributed by atoms with E-state index >= 15 is 0 Å². The quantitative estimate of drug-likeness (QED) is 0.870. The van der Waals surface area contributed by atoms with Gasteiger partial charge in [0.2, 0.25) is 11.9 Å². The summed E-state index contributed by atoms with van der Waals surface area (Å²) in [4.78, 5) is 16.0. The molecule has 6 nitrogen and oxygen atoms in total. The normalized spacial score (nSPS) is 10.8. The number of amides is 1. The zero-order chi connectivity index (χ0) is 13.8. The Morgan fingerprint density at radius 1 is 1.28 bits per heavy atom. The van der Waals surface area contributed by atoms with Gasteiger partial charge in [0.15, 0.2) is 0 Å². The summed E-state index contributed by atoms with van der Waals surface area (Å²) < 4.78 is 0. The van der Waals surface area contributed by atoms with Crippen LogP contribution in [0.1, 0.15) is 39.1 Å². The van der Waals surface area contributed by atoms with Gasteiger partial charge in [-0.05, 0) is 26.7 Å². The van der Waals surface area contributed by atoms with Gasteiger partial charge in [-0.3, -0.25) is 10.1 Å². The Hall–Kier alpha value is -2.03. The van der Waals surface area contributed by atoms with Gasteiger partial charge in [0.1, 0.15) is 5.41 Å². The smallest absolute Gasteiger partial charge is 0.249 e. The fourth-order valence-electron chi connectivity index (χ4n) is 1.30. The molecule has 0 aliphatic rings. The highest BCUT2D eigenvalue weighted by molar-refractivity contribution is 5.95. The lowest BCUT2D eigenvalue weighted by Gasteiger charge is -2.14. The predicted molar refractivity (Wildman–Crippen MR) is 66.6 cm³/mol. The summed E-state index contributed by atoms with van der Waals surface area (Å²) >= 11 is 0. The zero-order valence-corrected chi connectivity index (χ0v) is 11.1. The van der Waals surface area contributed by atoms with E-state index in [4.69, 9.17) is 5.26 Å². The van der Waals surface area contributed by atoms with E-state index in [9.17, 15) is 4.79 Å². The molecule has 0 aromatic carbocycles. The minimum Gasteiger partial charge on any atom is -0.292 e. The van der Waals surface area contributed by atoms with Crippen molar-refractivity contribution < 1.29 is 4.79 Å². The van der Waals surface area contributed by atoms with Crippen LogP contribution in [0.2, 0.25) is 0 Å². The minimum atomic E-state index is -1.11. The molecule has 0 radical (unpaired) electrons. The van der Waals surface area contributed by atoms with Crippen molar-refractivity contribution in [3.63, 3.8) is 0 Å². The lowest BCUT2D eigenvalue weighted by Crippen LogP contribution is -2.30. The molecule has 0 saturated heterocycles. The number of nitrogens with zero attached hydrogens (tertiary/aromatic N) is 4. The van der Waals surface area contributed by atoms with Crippen molar-refractivity contribution in [2.24, 2.45) is 5.41 Å². The number of aryl methyl sites for hydroxylation is 2. The second kappa shape index (κ2) is 5.54. The van der Waals surface area contributed by atoms with Crippen LogP contribution in [0, 0.1) is 16.7 Å². The van der Waals surface area contributed by atoms with E-state index in [1.165, 1.54) is 13.8 Å². The number of carbonyl (C=O) groups is 1. The van der Waals surface area contributed by atoms with Crippen LogP contribution < -0.4 is 5.32 Å². The van der Waals surface area contributed by atoms with Gasteiger partial charge in [-0.2, -0.15) is 5.26 Å². The molecule has 0 fully saturated rings. The molecule has 96 valence electrons. The van der Waals surface area contributed by atoms with Crippen molar-refractivity contribution in [1.82, 2.24) is 15.2 Å². The van der Waals surface area contributed by atoms with E-state index in [2.05, 4.69) is 20.5 Å². The van der Waals surface area contributed by atoms with Crippen LogP contribution in [0.3, 0.4) is 0 Å². The summed E-state index contributed by atoms with van der Waals surface area (Å²) in [5.74, 6) is -0.282. The average Bonchev–Trinajstić information content (AvgIpc) is 2.38. The lowest BCUT2D eigenvalue weighted by atomic mass is 9.95. The first-order valence-electron chi connectivity index (χ1n) is 5.89. The van der Waals surface area contributed by atoms with Gasteiger partial charge >= 0.3 is 0 Å². The van der Waals surface area contributed by atoms with E-state index in [1.54, 1.807) is 0 Å². The second-order valence-corrected chi connectivity index (χ2v) is 4.43. The maximum atomic E-state index is 11.8. The van der Waals surface area contributed by atoms with E-state index < -0.39 is 11.3 Å².